The van der Waals surface area contributed by atoms with Crippen LogP contribution < -0.4 is 0 Å². The van der Waals surface area contributed by atoms with Gasteiger partial charge < -0.3 is 0 Å². The van der Waals surface area contributed by atoms with Gasteiger partial charge in [-0.1, -0.05) is 30.1 Å². The standard InChI is InChI=1S/C11H13Cl3FNO2S/c1-2-16(7-3-6-12)19(17,18)9-5-4-8(13)11(15)10(9)14/h4-5H,2-3,6-7H2,1H3. The predicted molar refractivity (Wildman–Crippen MR) is 76.2 cm³/mol. The van der Waals surface area contributed by atoms with Crippen molar-refractivity contribution in [3.63, 3.8) is 0 Å². The van der Waals surface area contributed by atoms with Gasteiger partial charge in [-0.15, -0.1) is 11.6 Å². The predicted octanol–water partition coefficient (Wildman–Crippen LogP) is 3.77. The Morgan fingerprint density at radius 2 is 1.95 bits per heavy atom. The van der Waals surface area contributed by atoms with E-state index in [0.29, 0.717) is 12.3 Å². The van der Waals surface area contributed by atoms with E-state index < -0.39 is 20.9 Å². The summed E-state index contributed by atoms with van der Waals surface area (Å²) in [6.07, 6.45) is 0.502. The monoisotopic (exact) mass is 347 g/mol. The number of rotatable bonds is 6. The number of hydrogen-bond donors (Lipinski definition) is 0. The molecule has 0 atom stereocenters. The lowest BCUT2D eigenvalue weighted by Gasteiger charge is -2.20. The number of alkyl halides is 1. The summed E-state index contributed by atoms with van der Waals surface area (Å²) in [4.78, 5) is -0.285. The zero-order valence-corrected chi connectivity index (χ0v) is 13.3. The summed E-state index contributed by atoms with van der Waals surface area (Å²) in [6.45, 7) is 2.19. The van der Waals surface area contributed by atoms with Gasteiger partial charge in [0.25, 0.3) is 0 Å². The fourth-order valence-electron chi connectivity index (χ4n) is 1.53. The van der Waals surface area contributed by atoms with E-state index in [9.17, 15) is 12.8 Å². The van der Waals surface area contributed by atoms with Crippen molar-refractivity contribution in [1.29, 1.82) is 0 Å². The normalized spacial score (nSPS) is 12.1. The maximum Gasteiger partial charge on any atom is 0.244 e. The Bertz CT molecular complexity index is 551. The van der Waals surface area contributed by atoms with Crippen molar-refractivity contribution in [2.24, 2.45) is 0 Å². The second-order valence-corrected chi connectivity index (χ2v) is 6.78. The van der Waals surface area contributed by atoms with Gasteiger partial charge in [-0.05, 0) is 18.6 Å². The van der Waals surface area contributed by atoms with Crippen LogP contribution in [-0.4, -0.2) is 31.7 Å². The summed E-state index contributed by atoms with van der Waals surface area (Å²) in [5, 5.41) is -0.704. The highest BCUT2D eigenvalue weighted by molar-refractivity contribution is 7.89. The molecule has 0 amide bonds. The third-order valence-corrected chi connectivity index (χ3v) is 5.57. The molecule has 0 radical (unpaired) electrons. The molecule has 0 aromatic heterocycles. The van der Waals surface area contributed by atoms with Crippen molar-refractivity contribution in [3.05, 3.63) is 28.0 Å². The third kappa shape index (κ3) is 3.73. The molecule has 0 aliphatic heterocycles. The number of sulfonamides is 1. The van der Waals surface area contributed by atoms with Gasteiger partial charge in [0.1, 0.15) is 4.90 Å². The molecule has 1 aromatic rings. The van der Waals surface area contributed by atoms with Crippen LogP contribution in [-0.2, 0) is 10.0 Å². The smallest absolute Gasteiger partial charge is 0.207 e. The summed E-state index contributed by atoms with van der Waals surface area (Å²) in [5.74, 6) is -0.591. The molecule has 108 valence electrons. The van der Waals surface area contributed by atoms with E-state index in [1.54, 1.807) is 6.92 Å². The van der Waals surface area contributed by atoms with Gasteiger partial charge in [-0.2, -0.15) is 4.31 Å². The lowest BCUT2D eigenvalue weighted by Crippen LogP contribution is -2.32. The summed E-state index contributed by atoms with van der Waals surface area (Å²) in [7, 11) is -3.85. The van der Waals surface area contributed by atoms with Gasteiger partial charge in [0, 0.05) is 19.0 Å². The van der Waals surface area contributed by atoms with Gasteiger partial charge in [0.2, 0.25) is 10.0 Å². The second kappa shape index (κ2) is 7.09. The molecule has 0 saturated heterocycles. The molecule has 0 heterocycles. The Balaban J connectivity index is 3.22. The molecule has 0 saturated carbocycles. The minimum atomic E-state index is -3.85. The molecule has 1 aromatic carbocycles. The first-order valence-electron chi connectivity index (χ1n) is 5.55. The fourth-order valence-corrected chi connectivity index (χ4v) is 3.86. The lowest BCUT2D eigenvalue weighted by atomic mass is 10.3. The van der Waals surface area contributed by atoms with E-state index in [4.69, 9.17) is 34.8 Å². The van der Waals surface area contributed by atoms with Gasteiger partial charge in [0.15, 0.2) is 5.82 Å². The molecule has 0 aliphatic rings. The van der Waals surface area contributed by atoms with E-state index in [2.05, 4.69) is 0 Å². The Morgan fingerprint density at radius 1 is 1.32 bits per heavy atom. The van der Waals surface area contributed by atoms with E-state index in [0.717, 1.165) is 0 Å². The first kappa shape index (κ1) is 17.0. The molecule has 19 heavy (non-hydrogen) atoms. The summed E-state index contributed by atoms with van der Waals surface area (Å²) >= 11 is 16.8. The van der Waals surface area contributed by atoms with Crippen LogP contribution in [0.1, 0.15) is 13.3 Å². The molecular weight excluding hydrogens is 336 g/mol. The Hall–Kier alpha value is -0.0700. The van der Waals surface area contributed by atoms with Gasteiger partial charge in [-0.3, -0.25) is 0 Å². The highest BCUT2D eigenvalue weighted by Gasteiger charge is 2.27. The summed E-state index contributed by atoms with van der Waals surface area (Å²) < 4.78 is 39.5. The zero-order valence-electron chi connectivity index (χ0n) is 10.2. The summed E-state index contributed by atoms with van der Waals surface area (Å²) in [6, 6.07) is 2.37. The topological polar surface area (TPSA) is 37.4 Å². The highest BCUT2D eigenvalue weighted by atomic mass is 35.5. The average Bonchev–Trinajstić information content (AvgIpc) is 2.36. The average molecular weight is 349 g/mol. The van der Waals surface area contributed by atoms with E-state index in [1.165, 1.54) is 16.4 Å². The van der Waals surface area contributed by atoms with E-state index >= 15 is 0 Å². The number of halogens is 4. The lowest BCUT2D eigenvalue weighted by molar-refractivity contribution is 0.427. The van der Waals surface area contributed by atoms with E-state index in [1.807, 2.05) is 0 Å². The van der Waals surface area contributed by atoms with Crippen molar-refractivity contribution >= 4 is 44.8 Å². The van der Waals surface area contributed by atoms with Gasteiger partial charge in [0.05, 0.1) is 10.0 Å². The van der Waals surface area contributed by atoms with Crippen LogP contribution in [0.25, 0.3) is 0 Å². The molecule has 8 heteroatoms. The quantitative estimate of drug-likeness (QED) is 0.579. The highest BCUT2D eigenvalue weighted by Crippen LogP contribution is 2.31. The Labute approximate surface area is 127 Å². The van der Waals surface area contributed by atoms with Crippen LogP contribution in [0.4, 0.5) is 4.39 Å². The van der Waals surface area contributed by atoms with Crippen LogP contribution in [0.15, 0.2) is 17.0 Å². The summed E-state index contributed by atoms with van der Waals surface area (Å²) in [5.41, 5.74) is 0. The molecule has 0 aliphatic carbocycles. The van der Waals surface area contributed by atoms with Crippen LogP contribution in [0.5, 0.6) is 0 Å². The molecule has 3 nitrogen and oxygen atoms in total. The van der Waals surface area contributed by atoms with Crippen molar-refractivity contribution in [3.8, 4) is 0 Å². The Morgan fingerprint density at radius 3 is 2.47 bits per heavy atom. The van der Waals surface area contributed by atoms with Crippen LogP contribution in [0.3, 0.4) is 0 Å². The Kier molecular flexibility index (Phi) is 6.33. The van der Waals surface area contributed by atoms with Crippen LogP contribution >= 0.6 is 34.8 Å². The van der Waals surface area contributed by atoms with Crippen LogP contribution in [0, 0.1) is 5.82 Å². The maximum absolute atomic E-state index is 13.6. The first-order chi connectivity index (χ1) is 8.86. The number of hydrogen-bond acceptors (Lipinski definition) is 2. The zero-order chi connectivity index (χ0) is 14.6. The van der Waals surface area contributed by atoms with E-state index in [-0.39, 0.29) is 23.0 Å². The van der Waals surface area contributed by atoms with Gasteiger partial charge >= 0.3 is 0 Å². The van der Waals surface area contributed by atoms with Gasteiger partial charge in [-0.25, -0.2) is 12.8 Å². The van der Waals surface area contributed by atoms with Crippen molar-refractivity contribution in [2.75, 3.05) is 19.0 Å². The van der Waals surface area contributed by atoms with Crippen molar-refractivity contribution in [1.82, 2.24) is 4.31 Å². The number of nitrogens with zero attached hydrogens (tertiary/aromatic N) is 1. The minimum absolute atomic E-state index is 0.215. The van der Waals surface area contributed by atoms with Crippen molar-refractivity contribution < 1.29 is 12.8 Å². The molecule has 0 bridgehead atoms. The fraction of sp³-hybridized carbons (Fsp3) is 0.455. The van der Waals surface area contributed by atoms with Crippen molar-refractivity contribution in [2.45, 2.75) is 18.2 Å². The molecule has 0 N–H and O–H groups in total. The largest absolute Gasteiger partial charge is 0.244 e. The molecule has 0 spiro atoms. The number of benzene rings is 1. The maximum atomic E-state index is 13.6. The minimum Gasteiger partial charge on any atom is -0.207 e. The molecule has 0 fully saturated rings. The second-order valence-electron chi connectivity index (χ2n) is 3.71. The first-order valence-corrected chi connectivity index (χ1v) is 8.29. The van der Waals surface area contributed by atoms with Crippen LogP contribution in [0.2, 0.25) is 10.0 Å². The molecule has 0 unspecified atom stereocenters. The SMILES string of the molecule is CCN(CCCCl)S(=O)(=O)c1ccc(Cl)c(F)c1Cl. The third-order valence-electron chi connectivity index (χ3n) is 2.51. The molecular formula is C11H13Cl3FNO2S. The molecule has 1 rings (SSSR count).